The van der Waals surface area contributed by atoms with Gasteiger partial charge in [0, 0.05) is 11.3 Å². The molecule has 0 atom stereocenters. The van der Waals surface area contributed by atoms with Crippen molar-refractivity contribution in [1.82, 2.24) is 5.32 Å². The summed E-state index contributed by atoms with van der Waals surface area (Å²) in [5, 5.41) is 29.3. The van der Waals surface area contributed by atoms with Crippen molar-refractivity contribution in [1.29, 1.82) is 15.8 Å². The van der Waals surface area contributed by atoms with Crippen LogP contribution in [0, 0.1) is 39.4 Å². The van der Waals surface area contributed by atoms with Gasteiger partial charge >= 0.3 is 6.18 Å². The second-order valence-corrected chi connectivity index (χ2v) is 5.53. The fourth-order valence-electron chi connectivity index (χ4n) is 2.24. The van der Waals surface area contributed by atoms with Crippen LogP contribution in [0.25, 0.3) is 0 Å². The topological polar surface area (TPSA) is 83.4 Å². The third-order valence-electron chi connectivity index (χ3n) is 3.05. The molecule has 0 fully saturated rings. The van der Waals surface area contributed by atoms with Crippen LogP contribution in [0.1, 0.15) is 26.7 Å². The number of hydrogen-bond donors (Lipinski definition) is 1. The first-order chi connectivity index (χ1) is 9.63. The Labute approximate surface area is 120 Å². The molecule has 7 heteroatoms. The number of nitrogens with one attached hydrogen (secondary N) is 1. The van der Waals surface area contributed by atoms with Gasteiger partial charge in [-0.15, -0.1) is 0 Å². The SMILES string of the molecule is CC1(C)CC(NCC(F)(F)F)=C(C#N)C(=C(C#N)C#N)C1. The quantitative estimate of drug-likeness (QED) is 0.793. The predicted octanol–water partition coefficient (Wildman–Crippen LogP) is 3.08. The molecule has 1 aliphatic carbocycles. The van der Waals surface area contributed by atoms with E-state index in [4.69, 9.17) is 10.5 Å². The summed E-state index contributed by atoms with van der Waals surface area (Å²) in [7, 11) is 0. The van der Waals surface area contributed by atoms with Gasteiger partial charge in [-0.3, -0.25) is 0 Å². The monoisotopic (exact) mass is 294 g/mol. The minimum Gasteiger partial charge on any atom is -0.379 e. The fraction of sp³-hybridized carbons (Fsp3) is 0.500. The van der Waals surface area contributed by atoms with Gasteiger partial charge in [0.25, 0.3) is 0 Å². The zero-order valence-electron chi connectivity index (χ0n) is 11.6. The van der Waals surface area contributed by atoms with Crippen LogP contribution in [0.2, 0.25) is 0 Å². The maximum Gasteiger partial charge on any atom is 0.405 e. The van der Waals surface area contributed by atoms with Crippen molar-refractivity contribution < 1.29 is 13.2 Å². The second kappa shape index (κ2) is 5.89. The molecule has 0 aromatic heterocycles. The molecule has 4 nitrogen and oxygen atoms in total. The lowest BCUT2D eigenvalue weighted by Gasteiger charge is -2.33. The van der Waals surface area contributed by atoms with Crippen molar-refractivity contribution in [2.75, 3.05) is 6.54 Å². The largest absolute Gasteiger partial charge is 0.405 e. The van der Waals surface area contributed by atoms with Crippen LogP contribution in [0.3, 0.4) is 0 Å². The molecule has 0 unspecified atom stereocenters. The number of hydrogen-bond acceptors (Lipinski definition) is 4. The molecule has 1 aliphatic rings. The predicted molar refractivity (Wildman–Crippen MR) is 68.0 cm³/mol. The van der Waals surface area contributed by atoms with Gasteiger partial charge in [0.15, 0.2) is 0 Å². The molecule has 1 rings (SSSR count). The number of nitriles is 3. The van der Waals surface area contributed by atoms with E-state index in [1.54, 1.807) is 12.1 Å². The molecule has 0 aliphatic heterocycles. The fourth-order valence-corrected chi connectivity index (χ4v) is 2.24. The highest BCUT2D eigenvalue weighted by atomic mass is 19.4. The highest BCUT2D eigenvalue weighted by Crippen LogP contribution is 2.42. The summed E-state index contributed by atoms with van der Waals surface area (Å²) in [6, 6.07) is 5.22. The Morgan fingerprint density at radius 3 is 2.19 bits per heavy atom. The first-order valence-corrected chi connectivity index (χ1v) is 6.11. The number of rotatable bonds is 2. The van der Waals surface area contributed by atoms with E-state index >= 15 is 0 Å². The molecule has 110 valence electrons. The maximum absolute atomic E-state index is 12.3. The Balaban J connectivity index is 3.35. The molecular weight excluding hydrogens is 281 g/mol. The Hall–Kier alpha value is -2.46. The molecule has 0 saturated carbocycles. The van der Waals surface area contributed by atoms with Gasteiger partial charge in [0.2, 0.25) is 0 Å². The summed E-state index contributed by atoms with van der Waals surface area (Å²) in [6.07, 6.45) is -3.87. The van der Waals surface area contributed by atoms with Crippen LogP contribution in [-0.4, -0.2) is 12.7 Å². The average Bonchev–Trinajstić information content (AvgIpc) is 2.35. The minimum atomic E-state index is -4.41. The molecule has 0 radical (unpaired) electrons. The number of allylic oxidation sites excluding steroid dienone is 4. The number of alkyl halides is 3. The molecule has 0 aromatic carbocycles. The van der Waals surface area contributed by atoms with E-state index in [0.717, 1.165) is 0 Å². The maximum atomic E-state index is 12.3. The zero-order chi connectivity index (χ0) is 16.3. The lowest BCUT2D eigenvalue weighted by atomic mass is 9.73. The van der Waals surface area contributed by atoms with E-state index in [2.05, 4.69) is 5.32 Å². The number of nitrogens with zero attached hydrogens (tertiary/aromatic N) is 3. The van der Waals surface area contributed by atoms with Gasteiger partial charge < -0.3 is 5.32 Å². The van der Waals surface area contributed by atoms with Crippen molar-refractivity contribution in [2.45, 2.75) is 32.9 Å². The second-order valence-electron chi connectivity index (χ2n) is 5.53. The first kappa shape index (κ1) is 16.6. The van der Waals surface area contributed by atoms with Crippen LogP contribution >= 0.6 is 0 Å². The van der Waals surface area contributed by atoms with Crippen LogP contribution < -0.4 is 5.32 Å². The zero-order valence-corrected chi connectivity index (χ0v) is 11.6. The van der Waals surface area contributed by atoms with E-state index in [9.17, 15) is 18.4 Å². The smallest absolute Gasteiger partial charge is 0.379 e. The highest BCUT2D eigenvalue weighted by Gasteiger charge is 2.34. The lowest BCUT2D eigenvalue weighted by molar-refractivity contribution is -0.123. The van der Waals surface area contributed by atoms with Gasteiger partial charge in [0.1, 0.15) is 30.3 Å². The van der Waals surface area contributed by atoms with Crippen LogP contribution in [-0.2, 0) is 0 Å². The van der Waals surface area contributed by atoms with Crippen molar-refractivity contribution in [3.05, 3.63) is 22.4 Å². The minimum absolute atomic E-state index is 0.0309. The normalized spacial score (nSPS) is 17.5. The van der Waals surface area contributed by atoms with E-state index < -0.39 is 18.1 Å². The molecule has 0 heterocycles. The van der Waals surface area contributed by atoms with Gasteiger partial charge in [0.05, 0.1) is 5.57 Å². The van der Waals surface area contributed by atoms with Crippen LogP contribution in [0.4, 0.5) is 13.2 Å². The summed E-state index contributed by atoms with van der Waals surface area (Å²) in [5.41, 5.74) is -0.363. The highest BCUT2D eigenvalue weighted by molar-refractivity contribution is 5.57. The summed E-state index contributed by atoms with van der Waals surface area (Å²) in [6.45, 7) is 2.36. The van der Waals surface area contributed by atoms with Gasteiger partial charge in [-0.1, -0.05) is 13.8 Å². The van der Waals surface area contributed by atoms with E-state index in [-0.39, 0.29) is 28.8 Å². The van der Waals surface area contributed by atoms with Crippen molar-refractivity contribution in [3.63, 3.8) is 0 Å². The number of halogens is 3. The van der Waals surface area contributed by atoms with E-state index in [0.29, 0.717) is 6.42 Å². The van der Waals surface area contributed by atoms with Gasteiger partial charge in [-0.2, -0.15) is 29.0 Å². The van der Waals surface area contributed by atoms with Crippen LogP contribution in [0.5, 0.6) is 0 Å². The average molecular weight is 294 g/mol. The molecular formula is C14H13F3N4. The lowest BCUT2D eigenvalue weighted by Crippen LogP contribution is -2.33. The summed E-state index contributed by atoms with van der Waals surface area (Å²) < 4.78 is 37.0. The summed E-state index contributed by atoms with van der Waals surface area (Å²) >= 11 is 0. The molecule has 21 heavy (non-hydrogen) atoms. The van der Waals surface area contributed by atoms with Gasteiger partial charge in [-0.05, 0) is 18.3 Å². The summed E-state index contributed by atoms with van der Waals surface area (Å²) in [4.78, 5) is 0. The Bertz CT molecular complexity index is 603. The first-order valence-electron chi connectivity index (χ1n) is 6.11. The Kier molecular flexibility index (Phi) is 4.66. The molecule has 0 spiro atoms. The Morgan fingerprint density at radius 2 is 1.76 bits per heavy atom. The molecule has 0 bridgehead atoms. The molecule has 0 aromatic rings. The van der Waals surface area contributed by atoms with E-state index in [1.165, 1.54) is 0 Å². The molecule has 0 amide bonds. The van der Waals surface area contributed by atoms with Crippen molar-refractivity contribution in [3.8, 4) is 18.2 Å². The third-order valence-corrected chi connectivity index (χ3v) is 3.05. The molecule has 0 saturated heterocycles. The van der Waals surface area contributed by atoms with Crippen LogP contribution in [0.15, 0.2) is 22.4 Å². The van der Waals surface area contributed by atoms with Gasteiger partial charge in [-0.25, -0.2) is 0 Å². The summed E-state index contributed by atoms with van der Waals surface area (Å²) in [5.74, 6) is 0. The van der Waals surface area contributed by atoms with E-state index in [1.807, 2.05) is 19.9 Å². The standard InChI is InChI=1S/C14H13F3N4/c1-13(2)3-10(9(5-18)6-19)11(7-20)12(4-13)21-8-14(15,16)17/h21H,3-4,8H2,1-2H3. The third kappa shape index (κ3) is 4.26. The van der Waals surface area contributed by atoms with Crippen molar-refractivity contribution >= 4 is 0 Å². The Morgan fingerprint density at radius 1 is 1.19 bits per heavy atom. The van der Waals surface area contributed by atoms with Crippen molar-refractivity contribution in [2.24, 2.45) is 5.41 Å². The molecule has 1 N–H and O–H groups in total.